The molecule has 2 nitrogen and oxygen atoms in total. The molecule has 0 radical (unpaired) electrons. The van der Waals surface area contributed by atoms with E-state index in [0.717, 1.165) is 0 Å². The van der Waals surface area contributed by atoms with Crippen molar-refractivity contribution in [2.45, 2.75) is 6.54 Å². The highest BCUT2D eigenvalue weighted by atomic mass is 19.1. The first-order valence-corrected chi connectivity index (χ1v) is 5.58. The van der Waals surface area contributed by atoms with Crippen molar-refractivity contribution in [3.63, 3.8) is 0 Å². The molecule has 19 heavy (non-hydrogen) atoms. The molecule has 2 N–H and O–H groups in total. The standard InChI is InChI=1S/C14H12F3NO/c1-19-13-3-2-8(4-9(13)7-18)14-11(16)5-10(15)6-12(14)17/h2-6H,7,18H2,1H3. The Kier molecular flexibility index (Phi) is 3.76. The van der Waals surface area contributed by atoms with E-state index in [9.17, 15) is 13.2 Å². The fourth-order valence-corrected chi connectivity index (χ4v) is 1.91. The quantitative estimate of drug-likeness (QED) is 0.926. The van der Waals surface area contributed by atoms with E-state index in [-0.39, 0.29) is 17.7 Å². The Hall–Kier alpha value is -2.01. The monoisotopic (exact) mass is 267 g/mol. The molecule has 0 unspecified atom stereocenters. The van der Waals surface area contributed by atoms with Crippen LogP contribution in [0.5, 0.6) is 5.75 Å². The van der Waals surface area contributed by atoms with Gasteiger partial charge >= 0.3 is 0 Å². The van der Waals surface area contributed by atoms with E-state index in [0.29, 0.717) is 23.4 Å². The molecule has 100 valence electrons. The summed E-state index contributed by atoms with van der Waals surface area (Å²) >= 11 is 0. The molecular weight excluding hydrogens is 255 g/mol. The molecule has 0 amide bonds. The number of hydrogen-bond donors (Lipinski definition) is 1. The van der Waals surface area contributed by atoms with Crippen LogP contribution in [-0.2, 0) is 6.54 Å². The lowest BCUT2D eigenvalue weighted by Gasteiger charge is -2.10. The third-order valence-corrected chi connectivity index (χ3v) is 2.80. The molecule has 0 heterocycles. The Morgan fingerprint density at radius 3 is 2.21 bits per heavy atom. The Bertz CT molecular complexity index is 591. The highest BCUT2D eigenvalue weighted by Gasteiger charge is 2.15. The van der Waals surface area contributed by atoms with Gasteiger partial charge in [-0.15, -0.1) is 0 Å². The van der Waals surface area contributed by atoms with Gasteiger partial charge < -0.3 is 10.5 Å². The van der Waals surface area contributed by atoms with Crippen molar-refractivity contribution in [2.24, 2.45) is 5.73 Å². The zero-order valence-electron chi connectivity index (χ0n) is 10.2. The first-order chi connectivity index (χ1) is 9.06. The summed E-state index contributed by atoms with van der Waals surface area (Å²) in [5.74, 6) is -2.32. The van der Waals surface area contributed by atoms with Crippen LogP contribution in [0, 0.1) is 17.5 Å². The van der Waals surface area contributed by atoms with Gasteiger partial charge in [-0.25, -0.2) is 13.2 Å². The minimum Gasteiger partial charge on any atom is -0.496 e. The van der Waals surface area contributed by atoms with E-state index in [1.165, 1.54) is 19.2 Å². The Labute approximate surface area is 108 Å². The van der Waals surface area contributed by atoms with Gasteiger partial charge in [0, 0.05) is 24.2 Å². The number of benzene rings is 2. The van der Waals surface area contributed by atoms with Crippen LogP contribution >= 0.6 is 0 Å². The predicted octanol–water partition coefficient (Wildman–Crippen LogP) is 3.24. The van der Waals surface area contributed by atoms with Crippen LogP contribution in [0.2, 0.25) is 0 Å². The Morgan fingerprint density at radius 2 is 1.68 bits per heavy atom. The van der Waals surface area contributed by atoms with Gasteiger partial charge in [-0.05, 0) is 17.7 Å². The van der Waals surface area contributed by atoms with Crippen molar-refractivity contribution >= 4 is 0 Å². The van der Waals surface area contributed by atoms with Crippen LogP contribution in [0.4, 0.5) is 13.2 Å². The van der Waals surface area contributed by atoms with Gasteiger partial charge in [0.25, 0.3) is 0 Å². The second-order valence-electron chi connectivity index (χ2n) is 3.98. The van der Waals surface area contributed by atoms with Gasteiger partial charge in [0.15, 0.2) is 0 Å². The zero-order chi connectivity index (χ0) is 14.0. The smallest absolute Gasteiger partial charge is 0.136 e. The van der Waals surface area contributed by atoms with Crippen LogP contribution in [0.15, 0.2) is 30.3 Å². The van der Waals surface area contributed by atoms with Crippen molar-refractivity contribution in [3.8, 4) is 16.9 Å². The minimum absolute atomic E-state index is 0.168. The van der Waals surface area contributed by atoms with Crippen molar-refractivity contribution in [1.82, 2.24) is 0 Å². The summed E-state index contributed by atoms with van der Waals surface area (Å²) in [5, 5.41) is 0. The molecule has 2 rings (SSSR count). The Morgan fingerprint density at radius 1 is 1.05 bits per heavy atom. The maximum atomic E-state index is 13.7. The van der Waals surface area contributed by atoms with Gasteiger partial charge in [-0.1, -0.05) is 6.07 Å². The van der Waals surface area contributed by atoms with Gasteiger partial charge in [0.1, 0.15) is 23.2 Å². The van der Waals surface area contributed by atoms with E-state index in [1.54, 1.807) is 6.07 Å². The van der Waals surface area contributed by atoms with Gasteiger partial charge in [-0.3, -0.25) is 0 Å². The lowest BCUT2D eigenvalue weighted by Crippen LogP contribution is -2.01. The molecule has 0 atom stereocenters. The SMILES string of the molecule is COc1ccc(-c2c(F)cc(F)cc2F)cc1CN. The maximum absolute atomic E-state index is 13.7. The second-order valence-corrected chi connectivity index (χ2v) is 3.98. The molecule has 0 aliphatic heterocycles. The fraction of sp³-hybridized carbons (Fsp3) is 0.143. The van der Waals surface area contributed by atoms with Crippen molar-refractivity contribution in [3.05, 3.63) is 53.3 Å². The zero-order valence-corrected chi connectivity index (χ0v) is 10.2. The lowest BCUT2D eigenvalue weighted by molar-refractivity contribution is 0.410. The molecule has 0 spiro atoms. The summed E-state index contributed by atoms with van der Waals surface area (Å²) in [4.78, 5) is 0. The first kappa shape index (κ1) is 13.4. The molecular formula is C14H12F3NO. The average Bonchev–Trinajstić information content (AvgIpc) is 2.37. The second kappa shape index (κ2) is 5.32. The third-order valence-electron chi connectivity index (χ3n) is 2.80. The van der Waals surface area contributed by atoms with Crippen LogP contribution in [0.25, 0.3) is 11.1 Å². The van der Waals surface area contributed by atoms with E-state index < -0.39 is 17.5 Å². The molecule has 5 heteroatoms. The van der Waals surface area contributed by atoms with Crippen molar-refractivity contribution in [1.29, 1.82) is 0 Å². The first-order valence-electron chi connectivity index (χ1n) is 5.58. The van der Waals surface area contributed by atoms with E-state index >= 15 is 0 Å². The number of halogens is 3. The predicted molar refractivity (Wildman–Crippen MR) is 66.2 cm³/mol. The molecule has 0 bridgehead atoms. The molecule has 2 aromatic carbocycles. The molecule has 0 fully saturated rings. The molecule has 0 aliphatic rings. The van der Waals surface area contributed by atoms with Gasteiger partial charge in [0.2, 0.25) is 0 Å². The third kappa shape index (κ3) is 2.56. The van der Waals surface area contributed by atoms with Crippen molar-refractivity contribution in [2.75, 3.05) is 7.11 Å². The summed E-state index contributed by atoms with van der Waals surface area (Å²) in [5.41, 5.74) is 6.17. The van der Waals surface area contributed by atoms with Crippen LogP contribution in [0.3, 0.4) is 0 Å². The maximum Gasteiger partial charge on any atom is 0.136 e. The van der Waals surface area contributed by atoms with Crippen LogP contribution in [0.1, 0.15) is 5.56 Å². The van der Waals surface area contributed by atoms with Gasteiger partial charge in [0.05, 0.1) is 12.7 Å². The topological polar surface area (TPSA) is 35.2 Å². The van der Waals surface area contributed by atoms with Crippen LogP contribution in [-0.4, -0.2) is 7.11 Å². The van der Waals surface area contributed by atoms with Crippen molar-refractivity contribution < 1.29 is 17.9 Å². The van der Waals surface area contributed by atoms with E-state index in [4.69, 9.17) is 10.5 Å². The number of hydrogen-bond acceptors (Lipinski definition) is 2. The van der Waals surface area contributed by atoms with E-state index in [1.807, 2.05) is 0 Å². The largest absolute Gasteiger partial charge is 0.496 e. The van der Waals surface area contributed by atoms with E-state index in [2.05, 4.69) is 0 Å². The fourth-order valence-electron chi connectivity index (χ4n) is 1.91. The lowest BCUT2D eigenvalue weighted by atomic mass is 10.0. The summed E-state index contributed by atoms with van der Waals surface area (Å²) in [6.45, 7) is 0.168. The highest BCUT2D eigenvalue weighted by Crippen LogP contribution is 2.30. The summed E-state index contributed by atoms with van der Waals surface area (Å²) in [6, 6.07) is 5.88. The Balaban J connectivity index is 2.59. The summed E-state index contributed by atoms with van der Waals surface area (Å²) in [7, 11) is 1.48. The summed E-state index contributed by atoms with van der Waals surface area (Å²) in [6.07, 6.45) is 0. The number of ether oxygens (including phenoxy) is 1. The molecule has 0 aliphatic carbocycles. The minimum atomic E-state index is -0.953. The normalized spacial score (nSPS) is 10.6. The number of methoxy groups -OCH3 is 1. The number of rotatable bonds is 3. The molecule has 0 saturated heterocycles. The number of nitrogens with two attached hydrogens (primary N) is 1. The molecule has 0 aromatic heterocycles. The highest BCUT2D eigenvalue weighted by molar-refractivity contribution is 5.67. The van der Waals surface area contributed by atoms with Gasteiger partial charge in [-0.2, -0.15) is 0 Å². The molecule has 2 aromatic rings. The molecule has 0 saturated carbocycles. The summed E-state index contributed by atoms with van der Waals surface area (Å²) < 4.78 is 45.3. The van der Waals surface area contributed by atoms with Crippen LogP contribution < -0.4 is 10.5 Å². The average molecular weight is 267 g/mol.